The van der Waals surface area contributed by atoms with Crippen molar-refractivity contribution in [2.45, 2.75) is 56.8 Å². The number of amides is 1. The van der Waals surface area contributed by atoms with Crippen LogP contribution in [0.2, 0.25) is 0 Å². The summed E-state index contributed by atoms with van der Waals surface area (Å²) in [5, 5.41) is 2.87. The Morgan fingerprint density at radius 1 is 0.903 bits per heavy atom. The molecule has 0 saturated carbocycles. The van der Waals surface area contributed by atoms with E-state index >= 15 is 0 Å². The Labute approximate surface area is 186 Å². The van der Waals surface area contributed by atoms with Crippen molar-refractivity contribution in [3.8, 4) is 5.75 Å². The van der Waals surface area contributed by atoms with Gasteiger partial charge in [0.1, 0.15) is 12.4 Å². The molecule has 2 rings (SSSR count). The molecule has 0 fully saturated rings. The van der Waals surface area contributed by atoms with Crippen LogP contribution in [0.4, 0.5) is 0 Å². The number of aryl methyl sites for hydroxylation is 1. The third-order valence-electron chi connectivity index (χ3n) is 4.83. The van der Waals surface area contributed by atoms with Crippen molar-refractivity contribution < 1.29 is 17.9 Å². The molecule has 0 radical (unpaired) electrons. The molecule has 7 heteroatoms. The van der Waals surface area contributed by atoms with Crippen molar-refractivity contribution in [1.29, 1.82) is 0 Å². The van der Waals surface area contributed by atoms with Gasteiger partial charge in [-0.05, 0) is 49.1 Å². The standard InChI is InChI=1S/C24H34N2O4S/c1-2-10-21-14-16-22(17-15-21)30-20-19-25-24(27)13-8-3-4-9-18-26-31(28,29)23-11-6-5-7-12-23/h5-7,11-12,14-17,26H,2-4,8-10,13,18-20H2,1H3,(H,25,27). The van der Waals surface area contributed by atoms with Crippen LogP contribution in [-0.4, -0.2) is 34.0 Å². The lowest BCUT2D eigenvalue weighted by molar-refractivity contribution is -0.121. The first-order valence-corrected chi connectivity index (χ1v) is 12.5. The van der Waals surface area contributed by atoms with E-state index in [0.29, 0.717) is 26.1 Å². The average Bonchev–Trinajstić information content (AvgIpc) is 2.78. The number of hydrogen-bond acceptors (Lipinski definition) is 4. The number of benzene rings is 2. The summed E-state index contributed by atoms with van der Waals surface area (Å²) in [5.41, 5.74) is 1.30. The minimum absolute atomic E-state index is 0.0201. The Kier molecular flexibility index (Phi) is 11.1. The maximum atomic E-state index is 12.1. The molecule has 0 saturated heterocycles. The minimum Gasteiger partial charge on any atom is -0.492 e. The number of nitrogens with one attached hydrogen (secondary N) is 2. The minimum atomic E-state index is -3.43. The fraction of sp³-hybridized carbons (Fsp3) is 0.458. The molecule has 0 aliphatic heterocycles. The molecule has 170 valence electrons. The molecule has 31 heavy (non-hydrogen) atoms. The zero-order valence-corrected chi connectivity index (χ0v) is 19.1. The zero-order valence-electron chi connectivity index (χ0n) is 18.3. The summed E-state index contributed by atoms with van der Waals surface area (Å²) in [7, 11) is -3.43. The van der Waals surface area contributed by atoms with Crippen LogP contribution in [-0.2, 0) is 21.2 Å². The van der Waals surface area contributed by atoms with E-state index in [9.17, 15) is 13.2 Å². The molecule has 2 N–H and O–H groups in total. The summed E-state index contributed by atoms with van der Waals surface area (Å²) in [6, 6.07) is 16.4. The van der Waals surface area contributed by atoms with Gasteiger partial charge in [-0.15, -0.1) is 0 Å². The second kappa shape index (κ2) is 13.8. The predicted octanol–water partition coefficient (Wildman–Crippen LogP) is 4.06. The second-order valence-electron chi connectivity index (χ2n) is 7.47. The number of unbranched alkanes of at least 4 members (excludes halogenated alkanes) is 3. The first-order chi connectivity index (χ1) is 15.0. The smallest absolute Gasteiger partial charge is 0.240 e. The monoisotopic (exact) mass is 446 g/mol. The zero-order chi connectivity index (χ0) is 22.4. The number of rotatable bonds is 15. The van der Waals surface area contributed by atoms with Crippen molar-refractivity contribution >= 4 is 15.9 Å². The van der Waals surface area contributed by atoms with Crippen molar-refractivity contribution in [2.24, 2.45) is 0 Å². The molecule has 0 aliphatic carbocycles. The van der Waals surface area contributed by atoms with Crippen LogP contribution in [0.3, 0.4) is 0 Å². The fourth-order valence-electron chi connectivity index (χ4n) is 3.14. The highest BCUT2D eigenvalue weighted by atomic mass is 32.2. The Bertz CT molecular complexity index is 868. The molecule has 2 aromatic carbocycles. The summed E-state index contributed by atoms with van der Waals surface area (Å²) in [5.74, 6) is 0.837. The molecule has 0 bridgehead atoms. The highest BCUT2D eigenvalue weighted by Crippen LogP contribution is 2.13. The van der Waals surface area contributed by atoms with Gasteiger partial charge in [0, 0.05) is 13.0 Å². The second-order valence-corrected chi connectivity index (χ2v) is 9.23. The molecule has 0 aliphatic rings. The lowest BCUT2D eigenvalue weighted by Crippen LogP contribution is -2.27. The highest BCUT2D eigenvalue weighted by molar-refractivity contribution is 7.89. The summed E-state index contributed by atoms with van der Waals surface area (Å²) >= 11 is 0. The molecule has 2 aromatic rings. The number of sulfonamides is 1. The van der Waals surface area contributed by atoms with Gasteiger partial charge in [0.05, 0.1) is 11.4 Å². The molecule has 0 atom stereocenters. The summed E-state index contributed by atoms with van der Waals surface area (Å²) in [6.07, 6.45) is 5.97. The lowest BCUT2D eigenvalue weighted by atomic mass is 10.1. The van der Waals surface area contributed by atoms with Crippen molar-refractivity contribution in [3.05, 3.63) is 60.2 Å². The number of carbonyl (C=O) groups excluding carboxylic acids is 1. The van der Waals surface area contributed by atoms with Gasteiger partial charge in [0.15, 0.2) is 0 Å². The summed E-state index contributed by atoms with van der Waals surface area (Å²) in [4.78, 5) is 12.2. The van der Waals surface area contributed by atoms with Gasteiger partial charge in [0.2, 0.25) is 15.9 Å². The number of ether oxygens (including phenoxy) is 1. The van der Waals surface area contributed by atoms with Gasteiger partial charge in [-0.1, -0.05) is 56.5 Å². The van der Waals surface area contributed by atoms with E-state index in [1.807, 2.05) is 12.1 Å². The van der Waals surface area contributed by atoms with Crippen LogP contribution < -0.4 is 14.8 Å². The third-order valence-corrected chi connectivity index (χ3v) is 6.31. The van der Waals surface area contributed by atoms with E-state index in [-0.39, 0.29) is 10.8 Å². The molecule has 0 unspecified atom stereocenters. The van der Waals surface area contributed by atoms with Gasteiger partial charge in [-0.25, -0.2) is 13.1 Å². The normalized spacial score (nSPS) is 11.3. The Hall–Kier alpha value is -2.38. The number of carbonyl (C=O) groups is 1. The lowest BCUT2D eigenvalue weighted by Gasteiger charge is -2.09. The Morgan fingerprint density at radius 2 is 1.61 bits per heavy atom. The van der Waals surface area contributed by atoms with E-state index in [4.69, 9.17) is 4.74 Å². The van der Waals surface area contributed by atoms with Crippen LogP contribution in [0.25, 0.3) is 0 Å². The van der Waals surface area contributed by atoms with E-state index in [1.165, 1.54) is 5.56 Å². The summed E-state index contributed by atoms with van der Waals surface area (Å²) in [6.45, 7) is 3.49. The quantitative estimate of drug-likeness (QED) is 0.404. The Balaban J connectivity index is 1.47. The third kappa shape index (κ3) is 9.98. The van der Waals surface area contributed by atoms with Crippen LogP contribution in [0.1, 0.15) is 51.0 Å². The van der Waals surface area contributed by atoms with Crippen molar-refractivity contribution in [1.82, 2.24) is 10.0 Å². The van der Waals surface area contributed by atoms with Gasteiger partial charge < -0.3 is 10.1 Å². The molecule has 0 spiro atoms. The Morgan fingerprint density at radius 3 is 2.32 bits per heavy atom. The maximum Gasteiger partial charge on any atom is 0.240 e. The number of hydrogen-bond donors (Lipinski definition) is 2. The molecule has 6 nitrogen and oxygen atoms in total. The van der Waals surface area contributed by atoms with Crippen LogP contribution in [0.15, 0.2) is 59.5 Å². The van der Waals surface area contributed by atoms with E-state index < -0.39 is 10.0 Å². The molecular formula is C24H34N2O4S. The van der Waals surface area contributed by atoms with Gasteiger partial charge >= 0.3 is 0 Å². The predicted molar refractivity (Wildman–Crippen MR) is 124 cm³/mol. The largest absolute Gasteiger partial charge is 0.492 e. The molecule has 1 amide bonds. The summed E-state index contributed by atoms with van der Waals surface area (Å²) < 4.78 is 32.4. The van der Waals surface area contributed by atoms with E-state index in [2.05, 4.69) is 29.1 Å². The SMILES string of the molecule is CCCc1ccc(OCCNC(=O)CCCCCCNS(=O)(=O)c2ccccc2)cc1. The first kappa shape index (κ1) is 24.9. The van der Waals surface area contributed by atoms with Crippen LogP contribution in [0, 0.1) is 0 Å². The van der Waals surface area contributed by atoms with Crippen LogP contribution >= 0.6 is 0 Å². The van der Waals surface area contributed by atoms with Crippen LogP contribution in [0.5, 0.6) is 5.75 Å². The highest BCUT2D eigenvalue weighted by Gasteiger charge is 2.11. The first-order valence-electron chi connectivity index (χ1n) is 11.0. The van der Waals surface area contributed by atoms with Crippen molar-refractivity contribution in [3.63, 3.8) is 0 Å². The fourth-order valence-corrected chi connectivity index (χ4v) is 4.24. The van der Waals surface area contributed by atoms with Gasteiger partial charge in [0.25, 0.3) is 0 Å². The maximum absolute atomic E-state index is 12.1. The van der Waals surface area contributed by atoms with Crippen molar-refractivity contribution in [2.75, 3.05) is 19.7 Å². The molecule has 0 aromatic heterocycles. The topological polar surface area (TPSA) is 84.5 Å². The van der Waals surface area contributed by atoms with Gasteiger partial charge in [-0.2, -0.15) is 0 Å². The average molecular weight is 447 g/mol. The van der Waals surface area contributed by atoms with Gasteiger partial charge in [-0.3, -0.25) is 4.79 Å². The van der Waals surface area contributed by atoms with E-state index in [0.717, 1.165) is 44.3 Å². The molecule has 0 heterocycles. The molecular weight excluding hydrogens is 412 g/mol. The van der Waals surface area contributed by atoms with E-state index in [1.54, 1.807) is 30.3 Å².